The third kappa shape index (κ3) is 5.23. The standard InChI is InChI=1S/C17H14BrClN2O2/c1-2-8-23-16-7-6-13(18)10-15(16)17(22)21-20-11-12-4-3-5-14(19)9-12/h2-7,9-11H,1,8H2,(H,21,22). The van der Waals surface area contributed by atoms with Gasteiger partial charge in [0, 0.05) is 9.50 Å². The second kappa shape index (κ2) is 8.50. The van der Waals surface area contributed by atoms with Gasteiger partial charge in [0.15, 0.2) is 0 Å². The van der Waals surface area contributed by atoms with Gasteiger partial charge in [0.25, 0.3) is 5.91 Å². The van der Waals surface area contributed by atoms with Gasteiger partial charge in [-0.15, -0.1) is 0 Å². The van der Waals surface area contributed by atoms with Crippen LogP contribution in [0.3, 0.4) is 0 Å². The highest BCUT2D eigenvalue weighted by Gasteiger charge is 2.12. The summed E-state index contributed by atoms with van der Waals surface area (Å²) >= 11 is 9.23. The van der Waals surface area contributed by atoms with E-state index in [-0.39, 0.29) is 5.91 Å². The van der Waals surface area contributed by atoms with Crippen molar-refractivity contribution in [3.8, 4) is 5.75 Å². The van der Waals surface area contributed by atoms with Crippen molar-refractivity contribution in [2.45, 2.75) is 0 Å². The molecule has 0 aliphatic heterocycles. The van der Waals surface area contributed by atoms with Crippen LogP contribution in [0.1, 0.15) is 15.9 Å². The summed E-state index contributed by atoms with van der Waals surface area (Å²) in [5, 5.41) is 4.54. The van der Waals surface area contributed by atoms with Gasteiger partial charge in [-0.3, -0.25) is 4.79 Å². The molecule has 1 N–H and O–H groups in total. The summed E-state index contributed by atoms with van der Waals surface area (Å²) in [7, 11) is 0. The van der Waals surface area contributed by atoms with Crippen molar-refractivity contribution in [3.63, 3.8) is 0 Å². The fourth-order valence-corrected chi connectivity index (χ4v) is 2.33. The number of benzene rings is 2. The van der Waals surface area contributed by atoms with E-state index in [4.69, 9.17) is 16.3 Å². The van der Waals surface area contributed by atoms with Crippen molar-refractivity contribution in [2.75, 3.05) is 6.61 Å². The lowest BCUT2D eigenvalue weighted by atomic mass is 10.2. The molecule has 0 heterocycles. The van der Waals surface area contributed by atoms with Gasteiger partial charge in [-0.1, -0.05) is 52.3 Å². The normalized spacial score (nSPS) is 10.5. The van der Waals surface area contributed by atoms with Gasteiger partial charge in [0.05, 0.1) is 11.8 Å². The summed E-state index contributed by atoms with van der Waals surface area (Å²) in [5.41, 5.74) is 3.64. The molecule has 6 heteroatoms. The first-order valence-corrected chi connectivity index (χ1v) is 7.89. The third-order valence-corrected chi connectivity index (χ3v) is 3.50. The Kier molecular flexibility index (Phi) is 6.38. The number of nitrogens with zero attached hydrogens (tertiary/aromatic N) is 1. The topological polar surface area (TPSA) is 50.7 Å². The summed E-state index contributed by atoms with van der Waals surface area (Å²) in [4.78, 5) is 12.3. The number of rotatable bonds is 6. The molecule has 2 rings (SSSR count). The number of amides is 1. The van der Waals surface area contributed by atoms with E-state index in [2.05, 4.69) is 33.0 Å². The first-order chi connectivity index (χ1) is 11.1. The fraction of sp³-hybridized carbons (Fsp3) is 0.0588. The molecule has 0 saturated carbocycles. The van der Waals surface area contributed by atoms with Crippen LogP contribution in [0.2, 0.25) is 5.02 Å². The van der Waals surface area contributed by atoms with Gasteiger partial charge in [-0.2, -0.15) is 5.10 Å². The summed E-state index contributed by atoms with van der Waals surface area (Å²) in [5.74, 6) is 0.0900. The first kappa shape index (κ1) is 17.2. The zero-order valence-electron chi connectivity index (χ0n) is 12.1. The van der Waals surface area contributed by atoms with E-state index in [0.717, 1.165) is 10.0 Å². The van der Waals surface area contributed by atoms with Gasteiger partial charge in [0.1, 0.15) is 12.4 Å². The van der Waals surface area contributed by atoms with Gasteiger partial charge in [0.2, 0.25) is 0 Å². The van der Waals surface area contributed by atoms with Gasteiger partial charge in [-0.25, -0.2) is 5.43 Å². The van der Waals surface area contributed by atoms with Crippen molar-refractivity contribution >= 4 is 39.7 Å². The number of hydrogen-bond acceptors (Lipinski definition) is 3. The van der Waals surface area contributed by atoms with Crippen LogP contribution in [0, 0.1) is 0 Å². The van der Waals surface area contributed by atoms with Crippen molar-refractivity contribution in [3.05, 3.63) is 75.7 Å². The number of hydrogen-bond donors (Lipinski definition) is 1. The summed E-state index contributed by atoms with van der Waals surface area (Å²) in [6.07, 6.45) is 3.13. The Morgan fingerprint density at radius 3 is 2.91 bits per heavy atom. The molecule has 118 valence electrons. The van der Waals surface area contributed by atoms with Crippen LogP contribution in [0.15, 0.2) is 64.7 Å². The van der Waals surface area contributed by atoms with Gasteiger partial charge in [-0.05, 0) is 35.9 Å². The second-order valence-corrected chi connectivity index (χ2v) is 5.85. The van der Waals surface area contributed by atoms with E-state index < -0.39 is 0 Å². The molecular weight excluding hydrogens is 380 g/mol. The van der Waals surface area contributed by atoms with Crippen LogP contribution < -0.4 is 10.2 Å². The van der Waals surface area contributed by atoms with Gasteiger partial charge >= 0.3 is 0 Å². The Bertz CT molecular complexity index is 747. The molecule has 1 amide bonds. The first-order valence-electron chi connectivity index (χ1n) is 6.72. The molecule has 0 saturated heterocycles. The molecule has 0 unspecified atom stereocenters. The average Bonchev–Trinajstić information content (AvgIpc) is 2.53. The minimum atomic E-state index is -0.372. The summed E-state index contributed by atoms with van der Waals surface area (Å²) in [6.45, 7) is 3.90. The molecule has 0 aliphatic rings. The van der Waals surface area contributed by atoms with E-state index in [1.54, 1.807) is 42.5 Å². The maximum Gasteiger partial charge on any atom is 0.275 e. The SMILES string of the molecule is C=CCOc1ccc(Br)cc1C(=O)NN=Cc1cccc(Cl)c1. The van der Waals surface area contributed by atoms with E-state index >= 15 is 0 Å². The molecule has 4 nitrogen and oxygen atoms in total. The monoisotopic (exact) mass is 392 g/mol. The predicted molar refractivity (Wildman–Crippen MR) is 96.3 cm³/mol. The van der Waals surface area contributed by atoms with Crippen LogP contribution >= 0.6 is 27.5 Å². The molecule has 0 aromatic heterocycles. The van der Waals surface area contributed by atoms with Crippen molar-refractivity contribution in [1.82, 2.24) is 5.43 Å². The highest BCUT2D eigenvalue weighted by Crippen LogP contribution is 2.23. The lowest BCUT2D eigenvalue weighted by Gasteiger charge is -2.09. The zero-order valence-corrected chi connectivity index (χ0v) is 14.5. The molecular formula is C17H14BrClN2O2. The molecule has 0 fully saturated rings. The molecule has 2 aromatic carbocycles. The van der Waals surface area contributed by atoms with E-state index in [1.165, 1.54) is 6.21 Å². The number of ether oxygens (including phenoxy) is 1. The van der Waals surface area contributed by atoms with Crippen molar-refractivity contribution in [2.24, 2.45) is 5.10 Å². The molecule has 0 radical (unpaired) electrons. The van der Waals surface area contributed by atoms with Crippen LogP contribution in [0.4, 0.5) is 0 Å². The van der Waals surface area contributed by atoms with Crippen molar-refractivity contribution < 1.29 is 9.53 Å². The molecule has 0 bridgehead atoms. The number of carbonyl (C=O) groups is 1. The maximum absolute atomic E-state index is 12.3. The Hall–Kier alpha value is -2.11. The maximum atomic E-state index is 12.3. The second-order valence-electron chi connectivity index (χ2n) is 4.49. The fourth-order valence-electron chi connectivity index (χ4n) is 1.77. The lowest BCUT2D eigenvalue weighted by Crippen LogP contribution is -2.18. The molecule has 0 atom stereocenters. The van der Waals surface area contributed by atoms with E-state index in [1.807, 2.05) is 6.07 Å². The molecule has 23 heavy (non-hydrogen) atoms. The Morgan fingerprint density at radius 1 is 1.35 bits per heavy atom. The largest absolute Gasteiger partial charge is 0.489 e. The summed E-state index contributed by atoms with van der Waals surface area (Å²) in [6, 6.07) is 12.3. The van der Waals surface area contributed by atoms with Gasteiger partial charge < -0.3 is 4.74 Å². The minimum Gasteiger partial charge on any atom is -0.489 e. The quantitative estimate of drug-likeness (QED) is 0.448. The average molecular weight is 394 g/mol. The lowest BCUT2D eigenvalue weighted by molar-refractivity contribution is 0.0951. The van der Waals surface area contributed by atoms with Crippen LogP contribution in [-0.2, 0) is 0 Å². The molecule has 0 spiro atoms. The van der Waals surface area contributed by atoms with E-state index in [9.17, 15) is 4.79 Å². The van der Waals surface area contributed by atoms with Crippen LogP contribution in [0.25, 0.3) is 0 Å². The minimum absolute atomic E-state index is 0.313. The smallest absolute Gasteiger partial charge is 0.275 e. The molecule has 0 aliphatic carbocycles. The van der Waals surface area contributed by atoms with E-state index in [0.29, 0.717) is 22.9 Å². The Morgan fingerprint density at radius 2 is 2.17 bits per heavy atom. The number of halogens is 2. The van der Waals surface area contributed by atoms with Crippen molar-refractivity contribution in [1.29, 1.82) is 0 Å². The highest BCUT2D eigenvalue weighted by molar-refractivity contribution is 9.10. The zero-order chi connectivity index (χ0) is 16.7. The Balaban J connectivity index is 2.10. The number of hydrazone groups is 1. The summed E-state index contributed by atoms with van der Waals surface area (Å²) < 4.78 is 6.24. The third-order valence-electron chi connectivity index (χ3n) is 2.77. The molecule has 2 aromatic rings. The van der Waals surface area contributed by atoms with Crippen LogP contribution in [0.5, 0.6) is 5.75 Å². The number of nitrogens with one attached hydrogen (secondary N) is 1. The number of carbonyl (C=O) groups excluding carboxylic acids is 1. The predicted octanol–water partition coefficient (Wildman–Crippen LogP) is 4.43. The highest BCUT2D eigenvalue weighted by atomic mass is 79.9. The Labute approximate surface area is 147 Å². The van der Waals surface area contributed by atoms with Crippen LogP contribution in [-0.4, -0.2) is 18.7 Å².